The van der Waals surface area contributed by atoms with Crippen LogP contribution in [0.2, 0.25) is 0 Å². The van der Waals surface area contributed by atoms with Crippen LogP contribution in [0.25, 0.3) is 0 Å². The number of hydrogen-bond acceptors (Lipinski definition) is 2. The molecule has 16 heavy (non-hydrogen) atoms. The highest BCUT2D eigenvalue weighted by Gasteiger charge is 2.39. The molecule has 1 fully saturated rings. The van der Waals surface area contributed by atoms with Crippen molar-refractivity contribution in [2.24, 2.45) is 11.8 Å². The van der Waals surface area contributed by atoms with Crippen LogP contribution in [0.15, 0.2) is 0 Å². The van der Waals surface area contributed by atoms with E-state index in [0.717, 1.165) is 0 Å². The van der Waals surface area contributed by atoms with Crippen molar-refractivity contribution in [3.05, 3.63) is 0 Å². The summed E-state index contributed by atoms with van der Waals surface area (Å²) in [4.78, 5) is 25.5. The molecule has 0 radical (unpaired) electrons. The molecule has 0 aromatic carbocycles. The molecule has 1 rings (SSSR count). The fourth-order valence-corrected chi connectivity index (χ4v) is 2.26. The maximum Gasteiger partial charge on any atom is 0.245 e. The summed E-state index contributed by atoms with van der Waals surface area (Å²) in [7, 11) is 1.72. The Hall–Kier alpha value is -1.06. The Labute approximate surface area is 97.4 Å². The molecule has 0 saturated carbocycles. The molecule has 4 heteroatoms. The molecule has 0 spiro atoms. The van der Waals surface area contributed by atoms with E-state index in [9.17, 15) is 9.59 Å². The van der Waals surface area contributed by atoms with Gasteiger partial charge in [0, 0.05) is 7.05 Å². The molecule has 0 aliphatic carbocycles. The molecular weight excluding hydrogens is 204 g/mol. The second-order valence-electron chi connectivity index (χ2n) is 5.33. The second kappa shape index (κ2) is 4.85. The quantitative estimate of drug-likeness (QED) is 0.781. The van der Waals surface area contributed by atoms with E-state index in [0.29, 0.717) is 12.3 Å². The molecule has 1 saturated heterocycles. The van der Waals surface area contributed by atoms with Gasteiger partial charge in [0.1, 0.15) is 12.1 Å². The zero-order chi connectivity index (χ0) is 12.5. The highest BCUT2D eigenvalue weighted by Crippen LogP contribution is 2.18. The van der Waals surface area contributed by atoms with Crippen molar-refractivity contribution >= 4 is 11.8 Å². The van der Waals surface area contributed by atoms with Crippen LogP contribution in [0.3, 0.4) is 0 Å². The number of rotatable bonds is 3. The van der Waals surface area contributed by atoms with E-state index < -0.39 is 0 Å². The van der Waals surface area contributed by atoms with Gasteiger partial charge in [0.05, 0.1) is 0 Å². The highest BCUT2D eigenvalue weighted by atomic mass is 16.2. The van der Waals surface area contributed by atoms with Gasteiger partial charge in [-0.3, -0.25) is 9.59 Å². The molecule has 1 aliphatic rings. The van der Waals surface area contributed by atoms with E-state index in [4.69, 9.17) is 0 Å². The van der Waals surface area contributed by atoms with E-state index >= 15 is 0 Å². The van der Waals surface area contributed by atoms with Gasteiger partial charge in [0.15, 0.2) is 0 Å². The molecule has 2 amide bonds. The lowest BCUT2D eigenvalue weighted by molar-refractivity contribution is -0.149. The van der Waals surface area contributed by atoms with Gasteiger partial charge in [0.25, 0.3) is 0 Å². The molecule has 0 aromatic rings. The van der Waals surface area contributed by atoms with Crippen molar-refractivity contribution in [3.63, 3.8) is 0 Å². The number of likely N-dealkylation sites (N-methyl/N-ethyl adjacent to an activating group) is 1. The topological polar surface area (TPSA) is 49.4 Å². The Morgan fingerprint density at radius 3 is 2.25 bits per heavy atom. The Balaban J connectivity index is 2.79. The number of nitrogens with one attached hydrogen (secondary N) is 1. The summed E-state index contributed by atoms with van der Waals surface area (Å²) in [5.74, 6) is 0.557. The Kier molecular flexibility index (Phi) is 3.94. The molecule has 2 atom stereocenters. The van der Waals surface area contributed by atoms with Gasteiger partial charge in [-0.1, -0.05) is 27.7 Å². The number of piperazine rings is 1. The van der Waals surface area contributed by atoms with Gasteiger partial charge in [-0.15, -0.1) is 0 Å². The Bertz CT molecular complexity index is 283. The van der Waals surface area contributed by atoms with Crippen LogP contribution in [0.5, 0.6) is 0 Å². The first-order chi connectivity index (χ1) is 7.34. The van der Waals surface area contributed by atoms with Crippen LogP contribution < -0.4 is 5.32 Å². The fraction of sp³-hybridized carbons (Fsp3) is 0.833. The lowest BCUT2D eigenvalue weighted by Gasteiger charge is -2.39. The normalized spacial score (nSPS) is 26.6. The first-order valence-electron chi connectivity index (χ1n) is 5.91. The van der Waals surface area contributed by atoms with Crippen molar-refractivity contribution in [2.75, 3.05) is 7.05 Å². The van der Waals surface area contributed by atoms with Gasteiger partial charge in [-0.25, -0.2) is 0 Å². The maximum absolute atomic E-state index is 12.0. The van der Waals surface area contributed by atoms with Crippen LogP contribution in [-0.4, -0.2) is 35.8 Å². The van der Waals surface area contributed by atoms with Crippen molar-refractivity contribution < 1.29 is 9.59 Å². The zero-order valence-corrected chi connectivity index (χ0v) is 10.8. The lowest BCUT2D eigenvalue weighted by Crippen LogP contribution is -2.63. The SMILES string of the molecule is CC(C)CC1NC(=O)C(C(C)C)N(C)C1=O. The smallest absolute Gasteiger partial charge is 0.245 e. The summed E-state index contributed by atoms with van der Waals surface area (Å²) in [6.07, 6.45) is 0.708. The van der Waals surface area contributed by atoms with E-state index in [-0.39, 0.29) is 29.8 Å². The second-order valence-corrected chi connectivity index (χ2v) is 5.33. The molecule has 92 valence electrons. The molecule has 1 N–H and O–H groups in total. The van der Waals surface area contributed by atoms with Crippen LogP contribution in [0.4, 0.5) is 0 Å². The number of amides is 2. The van der Waals surface area contributed by atoms with E-state index in [1.165, 1.54) is 0 Å². The summed E-state index contributed by atoms with van der Waals surface area (Å²) >= 11 is 0. The fourth-order valence-electron chi connectivity index (χ4n) is 2.26. The summed E-state index contributed by atoms with van der Waals surface area (Å²) in [5.41, 5.74) is 0. The van der Waals surface area contributed by atoms with Gasteiger partial charge < -0.3 is 10.2 Å². The predicted molar refractivity (Wildman–Crippen MR) is 62.8 cm³/mol. The summed E-state index contributed by atoms with van der Waals surface area (Å²) in [6.45, 7) is 8.01. The third-order valence-corrected chi connectivity index (χ3v) is 2.99. The number of hydrogen-bond donors (Lipinski definition) is 1. The number of carbonyl (C=O) groups excluding carboxylic acids is 2. The maximum atomic E-state index is 12.0. The third kappa shape index (κ3) is 2.54. The first-order valence-corrected chi connectivity index (χ1v) is 5.91. The van der Waals surface area contributed by atoms with Crippen LogP contribution >= 0.6 is 0 Å². The van der Waals surface area contributed by atoms with Gasteiger partial charge in [0.2, 0.25) is 11.8 Å². The van der Waals surface area contributed by atoms with Crippen LogP contribution in [-0.2, 0) is 9.59 Å². The molecule has 2 unspecified atom stereocenters. The van der Waals surface area contributed by atoms with Gasteiger partial charge in [-0.05, 0) is 18.3 Å². The van der Waals surface area contributed by atoms with Gasteiger partial charge >= 0.3 is 0 Å². The van der Waals surface area contributed by atoms with Crippen LogP contribution in [0.1, 0.15) is 34.1 Å². The lowest BCUT2D eigenvalue weighted by atomic mass is 9.94. The molecule has 1 aliphatic heterocycles. The number of nitrogens with zero attached hydrogens (tertiary/aromatic N) is 1. The molecule has 1 heterocycles. The van der Waals surface area contributed by atoms with E-state index in [1.54, 1.807) is 11.9 Å². The summed E-state index contributed by atoms with van der Waals surface area (Å²) in [5, 5.41) is 2.83. The minimum atomic E-state index is -0.340. The number of carbonyl (C=O) groups is 2. The standard InChI is InChI=1S/C12H22N2O2/c1-7(2)6-9-12(16)14(5)10(8(3)4)11(15)13-9/h7-10H,6H2,1-5H3,(H,13,15). The van der Waals surface area contributed by atoms with E-state index in [1.807, 2.05) is 27.7 Å². The zero-order valence-electron chi connectivity index (χ0n) is 10.8. The Morgan fingerprint density at radius 1 is 1.25 bits per heavy atom. The van der Waals surface area contributed by atoms with Crippen molar-refractivity contribution in [1.82, 2.24) is 10.2 Å². The molecule has 0 bridgehead atoms. The largest absolute Gasteiger partial charge is 0.342 e. The highest BCUT2D eigenvalue weighted by molar-refractivity contribution is 5.96. The monoisotopic (exact) mass is 226 g/mol. The third-order valence-electron chi connectivity index (χ3n) is 2.99. The average Bonchev–Trinajstić information content (AvgIpc) is 2.12. The van der Waals surface area contributed by atoms with Crippen molar-refractivity contribution in [1.29, 1.82) is 0 Å². The molecule has 4 nitrogen and oxygen atoms in total. The first kappa shape index (κ1) is 13.0. The summed E-state index contributed by atoms with van der Waals surface area (Å²) < 4.78 is 0. The van der Waals surface area contributed by atoms with Crippen molar-refractivity contribution in [3.8, 4) is 0 Å². The molecule has 0 aromatic heterocycles. The Morgan fingerprint density at radius 2 is 1.81 bits per heavy atom. The van der Waals surface area contributed by atoms with Gasteiger partial charge in [-0.2, -0.15) is 0 Å². The van der Waals surface area contributed by atoms with Crippen molar-refractivity contribution in [2.45, 2.75) is 46.2 Å². The average molecular weight is 226 g/mol. The van der Waals surface area contributed by atoms with Crippen LogP contribution in [0, 0.1) is 11.8 Å². The summed E-state index contributed by atoms with van der Waals surface area (Å²) in [6, 6.07) is -0.664. The minimum Gasteiger partial charge on any atom is -0.342 e. The van der Waals surface area contributed by atoms with E-state index in [2.05, 4.69) is 5.32 Å². The molecular formula is C12H22N2O2. The minimum absolute atomic E-state index is 0.0252. The predicted octanol–water partition coefficient (Wildman–Crippen LogP) is 1.01.